The third kappa shape index (κ3) is 7.17. The van der Waals surface area contributed by atoms with Crippen LogP contribution in [-0.4, -0.2) is 44.4 Å². The van der Waals surface area contributed by atoms with E-state index in [9.17, 15) is 18.0 Å². The predicted molar refractivity (Wildman–Crippen MR) is 55.5 cm³/mol. The molecule has 1 amide bonds. The van der Waals surface area contributed by atoms with Crippen LogP contribution >= 0.6 is 0 Å². The van der Waals surface area contributed by atoms with Crippen LogP contribution in [0.4, 0.5) is 13.2 Å². The number of alkyl halides is 3. The van der Waals surface area contributed by atoms with Gasteiger partial charge in [0, 0.05) is 26.1 Å². The van der Waals surface area contributed by atoms with Crippen molar-refractivity contribution in [3.05, 3.63) is 0 Å². The van der Waals surface area contributed by atoms with Gasteiger partial charge in [0.1, 0.15) is 0 Å². The van der Waals surface area contributed by atoms with Gasteiger partial charge in [-0.1, -0.05) is 0 Å². The van der Waals surface area contributed by atoms with Crippen molar-refractivity contribution in [2.45, 2.75) is 31.5 Å². The number of nitrogens with one attached hydrogen (secondary N) is 2. The van der Waals surface area contributed by atoms with Gasteiger partial charge in [-0.3, -0.25) is 4.79 Å². The molecular weight excluding hydrogens is 237 g/mol. The second-order valence-electron chi connectivity index (χ2n) is 3.97. The molecule has 0 aromatic heterocycles. The Bertz CT molecular complexity index is 240. The van der Waals surface area contributed by atoms with Gasteiger partial charge in [-0.15, -0.1) is 0 Å². The van der Waals surface area contributed by atoms with E-state index in [1.165, 1.54) is 0 Å². The van der Waals surface area contributed by atoms with Crippen LogP contribution in [-0.2, 0) is 9.53 Å². The minimum absolute atomic E-state index is 0.0541. The maximum atomic E-state index is 11.8. The largest absolute Gasteiger partial charge is 0.389 e. The van der Waals surface area contributed by atoms with Gasteiger partial charge in [0.25, 0.3) is 0 Å². The first kappa shape index (κ1) is 14.2. The van der Waals surface area contributed by atoms with Crippen molar-refractivity contribution < 1.29 is 22.7 Å². The van der Waals surface area contributed by atoms with Crippen molar-refractivity contribution in [1.82, 2.24) is 10.6 Å². The topological polar surface area (TPSA) is 50.4 Å². The average molecular weight is 254 g/mol. The standard InChI is InChI=1S/C10H17F3N2O2/c11-10(12,13)2-1-3-15-9(16)6-8-7-14-4-5-17-8/h8,14H,1-7H2,(H,15,16). The molecule has 0 aromatic rings. The summed E-state index contributed by atoms with van der Waals surface area (Å²) in [6.45, 7) is 1.99. The molecule has 2 N–H and O–H groups in total. The van der Waals surface area contributed by atoms with Crippen molar-refractivity contribution in [2.24, 2.45) is 0 Å². The molecule has 1 heterocycles. The summed E-state index contributed by atoms with van der Waals surface area (Å²) < 4.78 is 40.7. The second-order valence-corrected chi connectivity index (χ2v) is 3.97. The first-order valence-electron chi connectivity index (χ1n) is 5.63. The predicted octanol–water partition coefficient (Wildman–Crippen LogP) is 0.824. The monoisotopic (exact) mass is 254 g/mol. The number of hydrogen-bond donors (Lipinski definition) is 2. The summed E-state index contributed by atoms with van der Waals surface area (Å²) in [7, 11) is 0. The first-order chi connectivity index (χ1) is 7.97. The fourth-order valence-electron chi connectivity index (χ4n) is 1.55. The molecule has 1 unspecified atom stereocenters. The third-order valence-electron chi connectivity index (χ3n) is 2.38. The highest BCUT2D eigenvalue weighted by Crippen LogP contribution is 2.20. The van der Waals surface area contributed by atoms with Crippen LogP contribution in [0.1, 0.15) is 19.3 Å². The van der Waals surface area contributed by atoms with Crippen LogP contribution in [0.2, 0.25) is 0 Å². The van der Waals surface area contributed by atoms with Crippen LogP contribution in [0.15, 0.2) is 0 Å². The van der Waals surface area contributed by atoms with Crippen molar-refractivity contribution in [1.29, 1.82) is 0 Å². The molecule has 1 atom stereocenters. The van der Waals surface area contributed by atoms with E-state index in [4.69, 9.17) is 4.74 Å². The molecular formula is C10H17F3N2O2. The molecule has 1 aliphatic rings. The third-order valence-corrected chi connectivity index (χ3v) is 2.38. The molecule has 0 saturated carbocycles. The van der Waals surface area contributed by atoms with E-state index in [0.29, 0.717) is 13.2 Å². The summed E-state index contributed by atoms with van der Waals surface area (Å²) in [4.78, 5) is 11.3. The molecule has 7 heteroatoms. The number of amides is 1. The van der Waals surface area contributed by atoms with E-state index < -0.39 is 12.6 Å². The van der Waals surface area contributed by atoms with Gasteiger partial charge in [-0.25, -0.2) is 0 Å². The Balaban J connectivity index is 2.04. The molecule has 17 heavy (non-hydrogen) atoms. The molecule has 0 spiro atoms. The highest BCUT2D eigenvalue weighted by molar-refractivity contribution is 5.76. The lowest BCUT2D eigenvalue weighted by molar-refractivity contribution is -0.136. The maximum absolute atomic E-state index is 11.8. The zero-order chi connectivity index (χ0) is 12.7. The van der Waals surface area contributed by atoms with Gasteiger partial charge in [-0.05, 0) is 6.42 Å². The summed E-state index contributed by atoms with van der Waals surface area (Å²) >= 11 is 0. The van der Waals surface area contributed by atoms with Gasteiger partial charge in [-0.2, -0.15) is 13.2 Å². The van der Waals surface area contributed by atoms with Crippen molar-refractivity contribution in [3.8, 4) is 0 Å². The maximum Gasteiger partial charge on any atom is 0.389 e. The molecule has 0 bridgehead atoms. The molecule has 4 nitrogen and oxygen atoms in total. The van der Waals surface area contributed by atoms with Crippen molar-refractivity contribution in [2.75, 3.05) is 26.2 Å². The van der Waals surface area contributed by atoms with Crippen LogP contribution in [0, 0.1) is 0 Å². The van der Waals surface area contributed by atoms with Crippen LogP contribution in [0.25, 0.3) is 0 Å². The molecule has 0 radical (unpaired) electrons. The Kier molecular flexibility index (Phi) is 5.70. The van der Waals surface area contributed by atoms with Crippen molar-refractivity contribution in [3.63, 3.8) is 0 Å². The number of carbonyl (C=O) groups is 1. The fourth-order valence-corrected chi connectivity index (χ4v) is 1.55. The lowest BCUT2D eigenvalue weighted by Gasteiger charge is -2.23. The van der Waals surface area contributed by atoms with E-state index in [2.05, 4.69) is 10.6 Å². The van der Waals surface area contributed by atoms with Gasteiger partial charge in [0.05, 0.1) is 19.1 Å². The van der Waals surface area contributed by atoms with Crippen molar-refractivity contribution >= 4 is 5.91 Å². The van der Waals surface area contributed by atoms with E-state index in [0.717, 1.165) is 6.54 Å². The smallest absolute Gasteiger partial charge is 0.375 e. The number of ether oxygens (including phenoxy) is 1. The zero-order valence-electron chi connectivity index (χ0n) is 9.48. The lowest BCUT2D eigenvalue weighted by Crippen LogP contribution is -2.41. The summed E-state index contributed by atoms with van der Waals surface area (Å²) in [5.74, 6) is -0.263. The lowest BCUT2D eigenvalue weighted by atomic mass is 10.2. The number of carbonyl (C=O) groups excluding carboxylic acids is 1. The SMILES string of the molecule is O=C(CC1CNCCO1)NCCCC(F)(F)F. The Morgan fingerprint density at radius 3 is 2.82 bits per heavy atom. The van der Waals surface area contributed by atoms with E-state index in [1.54, 1.807) is 0 Å². The summed E-state index contributed by atoms with van der Waals surface area (Å²) in [5.41, 5.74) is 0. The number of morpholine rings is 1. The molecule has 1 fully saturated rings. The molecule has 1 rings (SSSR count). The van der Waals surface area contributed by atoms with Crippen LogP contribution in [0.5, 0.6) is 0 Å². The Hall–Kier alpha value is -0.820. The number of halogens is 3. The Labute approximate surface area is 97.9 Å². The van der Waals surface area contributed by atoms with Crippen LogP contribution < -0.4 is 10.6 Å². The van der Waals surface area contributed by atoms with E-state index in [1.807, 2.05) is 0 Å². The fraction of sp³-hybridized carbons (Fsp3) is 0.900. The minimum atomic E-state index is -4.15. The second kappa shape index (κ2) is 6.80. The highest BCUT2D eigenvalue weighted by Gasteiger charge is 2.26. The quantitative estimate of drug-likeness (QED) is 0.714. The molecule has 1 aliphatic heterocycles. The summed E-state index contributed by atoms with van der Waals surface area (Å²) in [5, 5.41) is 5.53. The van der Waals surface area contributed by atoms with Gasteiger partial charge in [0.2, 0.25) is 5.91 Å². The summed E-state index contributed by atoms with van der Waals surface area (Å²) in [6.07, 6.45) is -5.08. The average Bonchev–Trinajstić information content (AvgIpc) is 2.25. The zero-order valence-corrected chi connectivity index (χ0v) is 9.48. The van der Waals surface area contributed by atoms with E-state index >= 15 is 0 Å². The van der Waals surface area contributed by atoms with E-state index in [-0.39, 0.29) is 31.4 Å². The molecule has 100 valence electrons. The Morgan fingerprint density at radius 1 is 1.47 bits per heavy atom. The molecule has 0 aliphatic carbocycles. The molecule has 1 saturated heterocycles. The number of hydrogen-bond acceptors (Lipinski definition) is 3. The normalized spacial score (nSPS) is 21.2. The van der Waals surface area contributed by atoms with Gasteiger partial charge in [0.15, 0.2) is 0 Å². The number of rotatable bonds is 5. The first-order valence-corrected chi connectivity index (χ1v) is 5.63. The van der Waals surface area contributed by atoms with Gasteiger partial charge >= 0.3 is 6.18 Å². The van der Waals surface area contributed by atoms with Crippen LogP contribution in [0.3, 0.4) is 0 Å². The molecule has 0 aromatic carbocycles. The van der Waals surface area contributed by atoms with Gasteiger partial charge < -0.3 is 15.4 Å². The minimum Gasteiger partial charge on any atom is -0.375 e. The highest BCUT2D eigenvalue weighted by atomic mass is 19.4. The summed E-state index contributed by atoms with van der Waals surface area (Å²) in [6, 6.07) is 0. The Morgan fingerprint density at radius 2 is 2.24 bits per heavy atom.